The molecule has 0 aromatic heterocycles. The summed E-state index contributed by atoms with van der Waals surface area (Å²) in [6.45, 7) is 6.67. The first-order valence-electron chi connectivity index (χ1n) is 7.53. The van der Waals surface area contributed by atoms with Crippen LogP contribution in [0.2, 0.25) is 0 Å². The molecule has 1 nitrogen and oxygen atoms in total. The first-order valence-corrected chi connectivity index (χ1v) is 7.53. The van der Waals surface area contributed by atoms with E-state index in [1.807, 2.05) is 0 Å². The summed E-state index contributed by atoms with van der Waals surface area (Å²) in [6.07, 6.45) is 8.29. The van der Waals surface area contributed by atoms with Crippen LogP contribution in [0.3, 0.4) is 0 Å². The second-order valence-electron chi connectivity index (χ2n) is 5.97. The molecule has 1 aromatic rings. The Morgan fingerprint density at radius 2 is 1.83 bits per heavy atom. The van der Waals surface area contributed by atoms with E-state index in [0.717, 1.165) is 5.92 Å². The summed E-state index contributed by atoms with van der Waals surface area (Å²) in [7, 11) is 0. The smallest absolute Gasteiger partial charge is 0.0374 e. The van der Waals surface area contributed by atoms with Crippen molar-refractivity contribution in [3.63, 3.8) is 0 Å². The van der Waals surface area contributed by atoms with E-state index in [1.54, 1.807) is 0 Å². The van der Waals surface area contributed by atoms with E-state index >= 15 is 0 Å². The van der Waals surface area contributed by atoms with E-state index in [9.17, 15) is 0 Å². The van der Waals surface area contributed by atoms with Gasteiger partial charge in [0.05, 0.1) is 0 Å². The molecule has 1 heteroatoms. The Kier molecular flexibility index (Phi) is 4.68. The van der Waals surface area contributed by atoms with Gasteiger partial charge >= 0.3 is 0 Å². The number of aryl methyl sites for hydroxylation is 2. The summed E-state index contributed by atoms with van der Waals surface area (Å²) in [4.78, 5) is 0. The Morgan fingerprint density at radius 3 is 2.50 bits per heavy atom. The third-order valence-corrected chi connectivity index (χ3v) is 4.30. The number of hydrogen-bond acceptors (Lipinski definition) is 1. The van der Waals surface area contributed by atoms with E-state index < -0.39 is 0 Å². The summed E-state index contributed by atoms with van der Waals surface area (Å²) < 4.78 is 0. The molecular formula is C17H27N. The van der Waals surface area contributed by atoms with Crippen molar-refractivity contribution < 1.29 is 0 Å². The molecule has 0 amide bonds. The summed E-state index contributed by atoms with van der Waals surface area (Å²) >= 11 is 0. The fourth-order valence-corrected chi connectivity index (χ4v) is 3.11. The molecule has 0 radical (unpaired) electrons. The Hall–Kier alpha value is -0.980. The normalized spacial score (nSPS) is 23.9. The van der Waals surface area contributed by atoms with E-state index in [-0.39, 0.29) is 0 Å². The number of hydrogen-bond donors (Lipinski definition) is 1. The van der Waals surface area contributed by atoms with Crippen LogP contribution in [0.5, 0.6) is 0 Å². The van der Waals surface area contributed by atoms with Crippen molar-refractivity contribution >= 4 is 5.69 Å². The van der Waals surface area contributed by atoms with Crippen LogP contribution in [0.1, 0.15) is 56.6 Å². The SMILES string of the molecule is CCCC1CCC(Nc2cc(C)ccc2C)CC1. The summed E-state index contributed by atoms with van der Waals surface area (Å²) in [5.41, 5.74) is 4.06. The topological polar surface area (TPSA) is 12.0 Å². The number of nitrogens with one attached hydrogen (secondary N) is 1. The Morgan fingerprint density at radius 1 is 1.11 bits per heavy atom. The number of anilines is 1. The standard InChI is InChI=1S/C17H27N/c1-4-5-15-8-10-16(11-9-15)18-17-12-13(2)6-7-14(17)3/h6-7,12,15-16,18H,4-5,8-11H2,1-3H3. The van der Waals surface area contributed by atoms with Crippen molar-refractivity contribution in [1.29, 1.82) is 0 Å². The number of benzene rings is 1. The molecule has 18 heavy (non-hydrogen) atoms. The van der Waals surface area contributed by atoms with Gasteiger partial charge in [0.1, 0.15) is 0 Å². The first kappa shape index (κ1) is 13.5. The van der Waals surface area contributed by atoms with E-state index in [1.165, 1.54) is 55.3 Å². The van der Waals surface area contributed by atoms with Gasteiger partial charge in [0.15, 0.2) is 0 Å². The molecule has 0 bridgehead atoms. The van der Waals surface area contributed by atoms with Crippen LogP contribution in [0, 0.1) is 19.8 Å². The fraction of sp³-hybridized carbons (Fsp3) is 0.647. The molecule has 0 saturated heterocycles. The van der Waals surface area contributed by atoms with Gasteiger partial charge in [0, 0.05) is 11.7 Å². The molecule has 2 rings (SSSR count). The van der Waals surface area contributed by atoms with Crippen LogP contribution in [-0.2, 0) is 0 Å². The molecule has 1 fully saturated rings. The lowest BCUT2D eigenvalue weighted by Gasteiger charge is -2.30. The van der Waals surface area contributed by atoms with Gasteiger partial charge in [-0.05, 0) is 62.6 Å². The zero-order valence-electron chi connectivity index (χ0n) is 12.1. The largest absolute Gasteiger partial charge is 0.382 e. The molecule has 1 N–H and O–H groups in total. The first-order chi connectivity index (χ1) is 8.69. The lowest BCUT2D eigenvalue weighted by Crippen LogP contribution is -2.26. The van der Waals surface area contributed by atoms with Crippen LogP contribution in [0.25, 0.3) is 0 Å². The maximum Gasteiger partial charge on any atom is 0.0374 e. The van der Waals surface area contributed by atoms with Gasteiger partial charge in [-0.15, -0.1) is 0 Å². The molecule has 1 saturated carbocycles. The second kappa shape index (κ2) is 6.26. The van der Waals surface area contributed by atoms with Crippen molar-refractivity contribution in [1.82, 2.24) is 0 Å². The average molecular weight is 245 g/mol. The predicted molar refractivity (Wildman–Crippen MR) is 80.2 cm³/mol. The van der Waals surface area contributed by atoms with E-state index in [0.29, 0.717) is 6.04 Å². The van der Waals surface area contributed by atoms with Gasteiger partial charge in [-0.2, -0.15) is 0 Å². The van der Waals surface area contributed by atoms with Gasteiger partial charge in [0.2, 0.25) is 0 Å². The van der Waals surface area contributed by atoms with Crippen LogP contribution in [0.4, 0.5) is 5.69 Å². The van der Waals surface area contributed by atoms with Crippen LogP contribution in [0.15, 0.2) is 18.2 Å². The monoisotopic (exact) mass is 245 g/mol. The molecule has 0 atom stereocenters. The molecule has 1 aliphatic carbocycles. The Balaban J connectivity index is 1.89. The third kappa shape index (κ3) is 3.51. The van der Waals surface area contributed by atoms with Crippen molar-refractivity contribution in [3.05, 3.63) is 29.3 Å². The molecule has 0 aliphatic heterocycles. The zero-order chi connectivity index (χ0) is 13.0. The van der Waals surface area contributed by atoms with Crippen LogP contribution >= 0.6 is 0 Å². The molecule has 0 unspecified atom stereocenters. The fourth-order valence-electron chi connectivity index (χ4n) is 3.11. The Labute approximate surface area is 112 Å². The highest BCUT2D eigenvalue weighted by molar-refractivity contribution is 5.53. The third-order valence-electron chi connectivity index (χ3n) is 4.30. The van der Waals surface area contributed by atoms with Crippen molar-refractivity contribution in [2.24, 2.45) is 5.92 Å². The lowest BCUT2D eigenvalue weighted by molar-refractivity contribution is 0.319. The zero-order valence-corrected chi connectivity index (χ0v) is 12.1. The minimum Gasteiger partial charge on any atom is -0.382 e. The predicted octanol–water partition coefficient (Wildman–Crippen LogP) is 5.07. The molecule has 1 aliphatic rings. The maximum atomic E-state index is 3.75. The van der Waals surface area contributed by atoms with Crippen molar-refractivity contribution in [3.8, 4) is 0 Å². The minimum absolute atomic E-state index is 0.693. The average Bonchev–Trinajstić information content (AvgIpc) is 2.37. The van der Waals surface area contributed by atoms with Gasteiger partial charge in [-0.3, -0.25) is 0 Å². The molecule has 1 aromatic carbocycles. The maximum absolute atomic E-state index is 3.75. The molecular weight excluding hydrogens is 218 g/mol. The highest BCUT2D eigenvalue weighted by Crippen LogP contribution is 2.30. The quantitative estimate of drug-likeness (QED) is 0.780. The number of rotatable bonds is 4. The molecule has 0 heterocycles. The van der Waals surface area contributed by atoms with Gasteiger partial charge in [-0.25, -0.2) is 0 Å². The van der Waals surface area contributed by atoms with Crippen molar-refractivity contribution in [2.45, 2.75) is 65.3 Å². The molecule has 100 valence electrons. The van der Waals surface area contributed by atoms with Crippen LogP contribution < -0.4 is 5.32 Å². The van der Waals surface area contributed by atoms with Gasteiger partial charge < -0.3 is 5.32 Å². The highest BCUT2D eigenvalue weighted by atomic mass is 14.9. The van der Waals surface area contributed by atoms with Gasteiger partial charge in [-0.1, -0.05) is 31.9 Å². The highest BCUT2D eigenvalue weighted by Gasteiger charge is 2.20. The minimum atomic E-state index is 0.693. The summed E-state index contributed by atoms with van der Waals surface area (Å²) in [6, 6.07) is 7.39. The van der Waals surface area contributed by atoms with E-state index in [2.05, 4.69) is 44.3 Å². The summed E-state index contributed by atoms with van der Waals surface area (Å²) in [5.74, 6) is 0.992. The van der Waals surface area contributed by atoms with Crippen molar-refractivity contribution in [2.75, 3.05) is 5.32 Å². The van der Waals surface area contributed by atoms with Gasteiger partial charge in [0.25, 0.3) is 0 Å². The molecule has 0 spiro atoms. The summed E-state index contributed by atoms with van der Waals surface area (Å²) in [5, 5.41) is 3.75. The van der Waals surface area contributed by atoms with Crippen LogP contribution in [-0.4, -0.2) is 6.04 Å². The van der Waals surface area contributed by atoms with E-state index in [4.69, 9.17) is 0 Å². The second-order valence-corrected chi connectivity index (χ2v) is 5.97. The Bertz CT molecular complexity index is 375. The lowest BCUT2D eigenvalue weighted by atomic mass is 9.83.